The Morgan fingerprint density at radius 2 is 2.30 bits per heavy atom. The van der Waals surface area contributed by atoms with Gasteiger partial charge in [-0.05, 0) is 31.2 Å². The molecular weight excluding hydrogens is 477 g/mol. The van der Waals surface area contributed by atoms with Crippen LogP contribution in [0.1, 0.15) is 35.4 Å². The molecule has 2 N–H and O–H groups in total. The number of likely N-dealkylation sites (N-methyl/N-ethyl adjacent to an activating group) is 1. The zero-order valence-electron chi connectivity index (χ0n) is 15.8. The molecule has 0 radical (unpaired) electrons. The molecule has 0 saturated carbocycles. The maximum absolute atomic E-state index is 11.9. The highest BCUT2D eigenvalue weighted by molar-refractivity contribution is 14.0. The lowest BCUT2D eigenvalue weighted by molar-refractivity contribution is -0.127. The smallest absolute Gasteiger partial charge is 0.243 e. The lowest BCUT2D eigenvalue weighted by Crippen LogP contribution is -2.42. The fourth-order valence-electron chi connectivity index (χ4n) is 2.79. The summed E-state index contributed by atoms with van der Waals surface area (Å²) in [7, 11) is 3.47. The number of aromatic nitrogens is 3. The van der Waals surface area contributed by atoms with Crippen LogP contribution in [-0.4, -0.2) is 52.2 Å². The van der Waals surface area contributed by atoms with Crippen molar-refractivity contribution in [1.29, 1.82) is 0 Å². The Morgan fingerprint density at radius 3 is 3.00 bits per heavy atom. The second-order valence-electron chi connectivity index (χ2n) is 6.47. The number of hydrogen-bond donors (Lipinski definition) is 2. The molecule has 0 bridgehead atoms. The average Bonchev–Trinajstić information content (AvgIpc) is 3.25. The van der Waals surface area contributed by atoms with Gasteiger partial charge in [0, 0.05) is 25.5 Å². The van der Waals surface area contributed by atoms with E-state index in [2.05, 4.69) is 31.8 Å². The number of aliphatic imine (C=N–C) groups is 1. The first-order chi connectivity index (χ1) is 12.5. The molecule has 3 rings (SSSR count). The molecule has 8 nitrogen and oxygen atoms in total. The Bertz CT molecular complexity index is 772. The number of nitrogens with zero attached hydrogens (tertiary/aromatic N) is 5. The Hall–Kier alpha value is -1.69. The molecule has 0 aromatic carbocycles. The molecule has 10 heteroatoms. The van der Waals surface area contributed by atoms with Crippen molar-refractivity contribution in [3.05, 3.63) is 34.0 Å². The molecule has 2 aromatic heterocycles. The number of rotatable bonds is 5. The lowest BCUT2D eigenvalue weighted by Gasteiger charge is -2.25. The van der Waals surface area contributed by atoms with Crippen molar-refractivity contribution >= 4 is 47.2 Å². The summed E-state index contributed by atoms with van der Waals surface area (Å²) in [6.07, 6.45) is 1.99. The minimum absolute atomic E-state index is 0. The summed E-state index contributed by atoms with van der Waals surface area (Å²) in [4.78, 5) is 23.7. The molecule has 1 aliphatic heterocycles. The van der Waals surface area contributed by atoms with Gasteiger partial charge < -0.3 is 15.5 Å². The van der Waals surface area contributed by atoms with Crippen molar-refractivity contribution < 1.29 is 4.79 Å². The van der Waals surface area contributed by atoms with E-state index in [9.17, 15) is 4.79 Å². The molecule has 1 unspecified atom stereocenters. The minimum Gasteiger partial charge on any atom is -0.351 e. The van der Waals surface area contributed by atoms with Gasteiger partial charge >= 0.3 is 0 Å². The van der Waals surface area contributed by atoms with E-state index < -0.39 is 0 Å². The summed E-state index contributed by atoms with van der Waals surface area (Å²) in [5.74, 6) is 2.29. The highest BCUT2D eigenvalue weighted by Crippen LogP contribution is 2.22. The van der Waals surface area contributed by atoms with Crippen LogP contribution in [0.25, 0.3) is 0 Å². The van der Waals surface area contributed by atoms with E-state index in [1.807, 2.05) is 23.1 Å². The van der Waals surface area contributed by atoms with Gasteiger partial charge in [0.15, 0.2) is 5.96 Å². The molecule has 0 fully saturated rings. The standard InChI is InChI=1S/C17H25N7OS.HI/c1-12-20-16-14(7-4-8-24(16)22-12)21-17(19-11-15(25)23(2)3)18-10-13-6-5-9-26-13;/h5-6,9,14H,4,7-8,10-11H2,1-3H3,(H2,18,19,21);1H. The highest BCUT2D eigenvalue weighted by Gasteiger charge is 2.24. The molecule has 0 spiro atoms. The van der Waals surface area contributed by atoms with Crippen LogP contribution in [0.4, 0.5) is 0 Å². The van der Waals surface area contributed by atoms with Crippen molar-refractivity contribution in [2.45, 2.75) is 38.9 Å². The number of amides is 1. The zero-order chi connectivity index (χ0) is 18.5. The Balaban J connectivity index is 0.00000261. The molecule has 3 heterocycles. The van der Waals surface area contributed by atoms with Gasteiger partial charge in [0.1, 0.15) is 18.2 Å². The minimum atomic E-state index is -0.0371. The van der Waals surface area contributed by atoms with E-state index in [4.69, 9.17) is 0 Å². The second kappa shape index (κ2) is 10.0. The van der Waals surface area contributed by atoms with Crippen LogP contribution in [0.15, 0.2) is 22.5 Å². The van der Waals surface area contributed by atoms with E-state index in [1.165, 1.54) is 4.88 Å². The molecule has 0 aliphatic carbocycles. The van der Waals surface area contributed by atoms with E-state index in [0.717, 1.165) is 31.0 Å². The normalized spacial score (nSPS) is 16.3. The third-order valence-corrected chi connectivity index (χ3v) is 5.05. The van der Waals surface area contributed by atoms with Crippen LogP contribution in [0.5, 0.6) is 0 Å². The van der Waals surface area contributed by atoms with Crippen LogP contribution < -0.4 is 10.6 Å². The van der Waals surface area contributed by atoms with Crippen LogP contribution in [0.3, 0.4) is 0 Å². The third-order valence-electron chi connectivity index (χ3n) is 4.17. The summed E-state index contributed by atoms with van der Waals surface area (Å²) >= 11 is 1.69. The van der Waals surface area contributed by atoms with Gasteiger partial charge in [-0.25, -0.2) is 14.7 Å². The first-order valence-corrected chi connectivity index (χ1v) is 9.59. The average molecular weight is 503 g/mol. The summed E-state index contributed by atoms with van der Waals surface area (Å²) in [6.45, 7) is 3.56. The zero-order valence-corrected chi connectivity index (χ0v) is 19.0. The fraction of sp³-hybridized carbons (Fsp3) is 0.529. The van der Waals surface area contributed by atoms with E-state index in [1.54, 1.807) is 30.3 Å². The van der Waals surface area contributed by atoms with Gasteiger partial charge in [0.25, 0.3) is 0 Å². The molecule has 2 aromatic rings. The predicted octanol–water partition coefficient (Wildman–Crippen LogP) is 1.92. The van der Waals surface area contributed by atoms with Crippen molar-refractivity contribution in [2.75, 3.05) is 20.6 Å². The van der Waals surface area contributed by atoms with Crippen molar-refractivity contribution in [3.63, 3.8) is 0 Å². The van der Waals surface area contributed by atoms with Crippen molar-refractivity contribution in [2.24, 2.45) is 4.99 Å². The van der Waals surface area contributed by atoms with Crippen LogP contribution in [-0.2, 0) is 17.9 Å². The maximum atomic E-state index is 11.9. The van der Waals surface area contributed by atoms with Crippen LogP contribution in [0.2, 0.25) is 0 Å². The Morgan fingerprint density at radius 1 is 1.48 bits per heavy atom. The molecular formula is C17H26IN7OS. The first kappa shape index (κ1) is 21.6. The van der Waals surface area contributed by atoms with Crippen LogP contribution >= 0.6 is 35.3 Å². The number of halogens is 1. The van der Waals surface area contributed by atoms with Gasteiger partial charge in [-0.3, -0.25) is 4.79 Å². The second-order valence-corrected chi connectivity index (χ2v) is 7.50. The van der Waals surface area contributed by atoms with Crippen LogP contribution in [0, 0.1) is 6.92 Å². The number of fused-ring (bicyclic) bond motifs is 1. The molecule has 27 heavy (non-hydrogen) atoms. The quantitative estimate of drug-likeness (QED) is 0.370. The molecule has 1 amide bonds. The highest BCUT2D eigenvalue weighted by atomic mass is 127. The summed E-state index contributed by atoms with van der Waals surface area (Å²) in [6, 6.07) is 4.13. The number of carbonyl (C=O) groups excluding carboxylic acids is 1. The maximum Gasteiger partial charge on any atom is 0.243 e. The van der Waals surface area contributed by atoms with Gasteiger partial charge in [-0.2, -0.15) is 5.10 Å². The molecule has 1 atom stereocenters. The topological polar surface area (TPSA) is 87.4 Å². The van der Waals surface area contributed by atoms with Gasteiger partial charge in [-0.15, -0.1) is 35.3 Å². The number of guanidine groups is 1. The monoisotopic (exact) mass is 503 g/mol. The van der Waals surface area contributed by atoms with E-state index in [0.29, 0.717) is 12.5 Å². The Kier molecular flexibility index (Phi) is 8.02. The molecule has 148 valence electrons. The van der Waals surface area contributed by atoms with Gasteiger partial charge in [-0.1, -0.05) is 6.07 Å². The number of carbonyl (C=O) groups is 1. The number of nitrogens with one attached hydrogen (secondary N) is 2. The van der Waals surface area contributed by atoms with Crippen molar-refractivity contribution in [1.82, 2.24) is 30.3 Å². The Labute approximate surface area is 180 Å². The number of hydrogen-bond acceptors (Lipinski definition) is 5. The van der Waals surface area contributed by atoms with Gasteiger partial charge in [0.05, 0.1) is 12.6 Å². The summed E-state index contributed by atoms with van der Waals surface area (Å²) in [5, 5.41) is 13.2. The molecule has 0 saturated heterocycles. The SMILES string of the molecule is Cc1nc2n(n1)CCCC2NC(=NCC(=O)N(C)C)NCc1cccs1.I. The van der Waals surface area contributed by atoms with E-state index in [-0.39, 0.29) is 42.5 Å². The van der Waals surface area contributed by atoms with Gasteiger partial charge in [0.2, 0.25) is 5.91 Å². The number of thiophene rings is 1. The number of aryl methyl sites for hydroxylation is 2. The fourth-order valence-corrected chi connectivity index (χ4v) is 3.44. The van der Waals surface area contributed by atoms with Crippen molar-refractivity contribution in [3.8, 4) is 0 Å². The molecule has 1 aliphatic rings. The first-order valence-electron chi connectivity index (χ1n) is 8.71. The summed E-state index contributed by atoms with van der Waals surface area (Å²) < 4.78 is 1.96. The van der Waals surface area contributed by atoms with E-state index >= 15 is 0 Å². The third kappa shape index (κ3) is 5.89. The summed E-state index contributed by atoms with van der Waals surface area (Å²) in [5.41, 5.74) is 0. The lowest BCUT2D eigenvalue weighted by atomic mass is 10.1. The predicted molar refractivity (Wildman–Crippen MR) is 117 cm³/mol. The largest absolute Gasteiger partial charge is 0.351 e.